The van der Waals surface area contributed by atoms with Gasteiger partial charge in [-0.25, -0.2) is 0 Å². The molecule has 2 heterocycles. The predicted molar refractivity (Wildman–Crippen MR) is 95.5 cm³/mol. The van der Waals surface area contributed by atoms with Gasteiger partial charge in [0.1, 0.15) is 0 Å². The maximum absolute atomic E-state index is 2.85. The molecule has 0 amide bonds. The lowest BCUT2D eigenvalue weighted by Crippen LogP contribution is -2.51. The van der Waals surface area contributed by atoms with Gasteiger partial charge < -0.3 is 0 Å². The Labute approximate surface area is 139 Å². The van der Waals surface area contributed by atoms with Gasteiger partial charge in [-0.2, -0.15) is 0 Å². The Balaban J connectivity index is 1.51. The fourth-order valence-electron chi connectivity index (χ4n) is 5.53. The van der Waals surface area contributed by atoms with Gasteiger partial charge in [0.25, 0.3) is 0 Å². The molecule has 4 atom stereocenters. The van der Waals surface area contributed by atoms with Gasteiger partial charge >= 0.3 is 0 Å². The van der Waals surface area contributed by atoms with Gasteiger partial charge in [0.2, 0.25) is 0 Å². The Morgan fingerprint density at radius 1 is 1.00 bits per heavy atom. The summed E-state index contributed by atoms with van der Waals surface area (Å²) in [6.45, 7) is 2.74. The number of piperidine rings is 1. The lowest BCUT2D eigenvalue weighted by molar-refractivity contribution is 0.00333. The third kappa shape index (κ3) is 2.85. The van der Waals surface area contributed by atoms with Crippen LogP contribution >= 0.6 is 11.8 Å². The van der Waals surface area contributed by atoms with Crippen LogP contribution in [0.25, 0.3) is 0 Å². The SMILES string of the molecule is CSc1ccc(CC2CN3CCC[C@@H]3C3CCCCC23)cc1. The van der Waals surface area contributed by atoms with Crippen molar-refractivity contribution in [2.75, 3.05) is 19.3 Å². The molecule has 22 heavy (non-hydrogen) atoms. The maximum Gasteiger partial charge on any atom is 0.0127 e. The van der Waals surface area contributed by atoms with Gasteiger partial charge in [-0.1, -0.05) is 25.0 Å². The van der Waals surface area contributed by atoms with Crippen molar-refractivity contribution < 1.29 is 0 Å². The summed E-state index contributed by atoms with van der Waals surface area (Å²) >= 11 is 1.85. The van der Waals surface area contributed by atoms with Crippen LogP contribution in [0.1, 0.15) is 44.1 Å². The minimum atomic E-state index is 0.903. The van der Waals surface area contributed by atoms with Crippen LogP contribution in [0.3, 0.4) is 0 Å². The molecule has 3 aliphatic rings. The van der Waals surface area contributed by atoms with E-state index < -0.39 is 0 Å². The van der Waals surface area contributed by atoms with E-state index in [-0.39, 0.29) is 0 Å². The lowest BCUT2D eigenvalue weighted by atomic mass is 9.65. The molecule has 1 nitrogen and oxygen atoms in total. The molecule has 2 aliphatic heterocycles. The Morgan fingerprint density at radius 3 is 2.55 bits per heavy atom. The molecule has 1 saturated carbocycles. The number of rotatable bonds is 3. The third-order valence-electron chi connectivity index (χ3n) is 6.51. The summed E-state index contributed by atoms with van der Waals surface area (Å²) in [4.78, 5) is 4.25. The minimum absolute atomic E-state index is 0.903. The highest BCUT2D eigenvalue weighted by Crippen LogP contribution is 2.46. The molecule has 120 valence electrons. The number of hydrogen-bond donors (Lipinski definition) is 0. The zero-order valence-electron chi connectivity index (χ0n) is 13.8. The Hall–Kier alpha value is -0.470. The van der Waals surface area contributed by atoms with Crippen molar-refractivity contribution in [2.24, 2.45) is 17.8 Å². The topological polar surface area (TPSA) is 3.24 Å². The molecule has 1 aromatic rings. The Morgan fingerprint density at radius 2 is 1.77 bits per heavy atom. The van der Waals surface area contributed by atoms with Crippen molar-refractivity contribution in [3.63, 3.8) is 0 Å². The summed E-state index contributed by atoms with van der Waals surface area (Å²) in [5.41, 5.74) is 1.56. The van der Waals surface area contributed by atoms with Crippen molar-refractivity contribution in [2.45, 2.75) is 55.9 Å². The smallest absolute Gasteiger partial charge is 0.0127 e. The predicted octanol–water partition coefficient (Wildman–Crippen LogP) is 4.85. The van der Waals surface area contributed by atoms with Gasteiger partial charge in [-0.15, -0.1) is 11.8 Å². The summed E-state index contributed by atoms with van der Waals surface area (Å²) < 4.78 is 0. The second kappa shape index (κ2) is 6.57. The third-order valence-corrected chi connectivity index (χ3v) is 7.26. The molecule has 1 aromatic carbocycles. The standard InChI is InChI=1S/C20H29NS/c1-22-17-10-8-15(9-11-17)13-16-14-21-12-4-7-20(21)19-6-3-2-5-18(16)19/h8-11,16,18-20H,2-7,12-14H2,1H3/t16?,18?,19?,20-/m1/s1. The highest BCUT2D eigenvalue weighted by Gasteiger charge is 2.45. The highest BCUT2D eigenvalue weighted by molar-refractivity contribution is 7.98. The molecule has 0 bridgehead atoms. The number of benzene rings is 1. The monoisotopic (exact) mass is 315 g/mol. The minimum Gasteiger partial charge on any atom is -0.300 e. The molecule has 0 radical (unpaired) electrons. The second-order valence-corrected chi connectivity index (χ2v) is 8.51. The molecular weight excluding hydrogens is 286 g/mol. The molecule has 3 fully saturated rings. The molecule has 2 saturated heterocycles. The normalized spacial score (nSPS) is 35.1. The van der Waals surface area contributed by atoms with E-state index in [2.05, 4.69) is 35.4 Å². The number of thioether (sulfide) groups is 1. The first kappa shape index (κ1) is 15.1. The summed E-state index contributed by atoms with van der Waals surface area (Å²) in [5.74, 6) is 2.92. The highest BCUT2D eigenvalue weighted by atomic mass is 32.2. The first-order valence-electron chi connectivity index (χ1n) is 9.22. The van der Waals surface area contributed by atoms with Crippen LogP contribution in [0.15, 0.2) is 29.2 Å². The van der Waals surface area contributed by atoms with E-state index in [0.29, 0.717) is 0 Å². The van der Waals surface area contributed by atoms with Crippen molar-refractivity contribution in [1.82, 2.24) is 4.90 Å². The van der Waals surface area contributed by atoms with E-state index in [4.69, 9.17) is 0 Å². The van der Waals surface area contributed by atoms with Crippen LogP contribution in [-0.2, 0) is 6.42 Å². The molecule has 4 rings (SSSR count). The van der Waals surface area contributed by atoms with Crippen molar-refractivity contribution in [3.8, 4) is 0 Å². The van der Waals surface area contributed by atoms with Crippen LogP contribution in [-0.4, -0.2) is 30.3 Å². The van der Waals surface area contributed by atoms with Gasteiger partial charge in [-0.05, 0) is 80.4 Å². The summed E-state index contributed by atoms with van der Waals surface area (Å²) in [6.07, 6.45) is 12.4. The molecule has 0 aromatic heterocycles. The van der Waals surface area contributed by atoms with E-state index in [1.807, 2.05) is 11.8 Å². The van der Waals surface area contributed by atoms with Gasteiger partial charge in [0.05, 0.1) is 0 Å². The van der Waals surface area contributed by atoms with E-state index in [0.717, 1.165) is 23.8 Å². The van der Waals surface area contributed by atoms with Gasteiger partial charge in [0.15, 0.2) is 0 Å². The fourth-order valence-corrected chi connectivity index (χ4v) is 5.94. The van der Waals surface area contributed by atoms with Crippen molar-refractivity contribution >= 4 is 11.8 Å². The molecule has 3 unspecified atom stereocenters. The van der Waals surface area contributed by atoms with E-state index in [1.165, 1.54) is 62.9 Å². The van der Waals surface area contributed by atoms with Crippen LogP contribution in [0.5, 0.6) is 0 Å². The van der Waals surface area contributed by atoms with Crippen LogP contribution in [0, 0.1) is 17.8 Å². The largest absolute Gasteiger partial charge is 0.300 e. The van der Waals surface area contributed by atoms with Crippen molar-refractivity contribution in [1.29, 1.82) is 0 Å². The van der Waals surface area contributed by atoms with Crippen LogP contribution < -0.4 is 0 Å². The van der Waals surface area contributed by atoms with E-state index in [1.54, 1.807) is 5.56 Å². The molecule has 2 heteroatoms. The second-order valence-electron chi connectivity index (χ2n) is 7.63. The zero-order valence-corrected chi connectivity index (χ0v) is 14.7. The number of hydrogen-bond acceptors (Lipinski definition) is 2. The number of fused-ring (bicyclic) bond motifs is 3. The molecule has 1 aliphatic carbocycles. The molecule has 0 spiro atoms. The van der Waals surface area contributed by atoms with E-state index in [9.17, 15) is 0 Å². The van der Waals surface area contributed by atoms with Crippen LogP contribution in [0.4, 0.5) is 0 Å². The average molecular weight is 316 g/mol. The summed E-state index contributed by atoms with van der Waals surface area (Å²) in [6, 6.07) is 10.3. The Bertz CT molecular complexity index is 497. The molecular formula is C20H29NS. The quantitative estimate of drug-likeness (QED) is 0.733. The average Bonchev–Trinajstić information content (AvgIpc) is 3.04. The fraction of sp³-hybridized carbons (Fsp3) is 0.700. The maximum atomic E-state index is 2.85. The Kier molecular flexibility index (Phi) is 4.50. The lowest BCUT2D eigenvalue weighted by Gasteiger charge is -2.49. The number of nitrogens with zero attached hydrogens (tertiary/aromatic N) is 1. The van der Waals surface area contributed by atoms with Crippen LogP contribution in [0.2, 0.25) is 0 Å². The van der Waals surface area contributed by atoms with Gasteiger partial charge in [0, 0.05) is 17.5 Å². The zero-order chi connectivity index (χ0) is 14.9. The first-order chi connectivity index (χ1) is 10.8. The van der Waals surface area contributed by atoms with E-state index >= 15 is 0 Å². The molecule has 0 N–H and O–H groups in total. The van der Waals surface area contributed by atoms with Gasteiger partial charge in [-0.3, -0.25) is 4.90 Å². The summed E-state index contributed by atoms with van der Waals surface area (Å²) in [7, 11) is 0. The van der Waals surface area contributed by atoms with Crippen molar-refractivity contribution in [3.05, 3.63) is 29.8 Å². The summed E-state index contributed by atoms with van der Waals surface area (Å²) in [5, 5.41) is 0. The first-order valence-corrected chi connectivity index (χ1v) is 10.4.